The van der Waals surface area contributed by atoms with Crippen molar-refractivity contribution in [1.82, 2.24) is 14.9 Å². The molecule has 3 aromatic rings. The zero-order valence-electron chi connectivity index (χ0n) is 15.8. The van der Waals surface area contributed by atoms with Crippen molar-refractivity contribution in [3.8, 4) is 11.3 Å². The molecular formula is C22H20F2N4O. The molecule has 0 radical (unpaired) electrons. The summed E-state index contributed by atoms with van der Waals surface area (Å²) < 4.78 is 26.9. The maximum absolute atomic E-state index is 13.8. The molecule has 0 unspecified atom stereocenters. The summed E-state index contributed by atoms with van der Waals surface area (Å²) >= 11 is 0. The Bertz CT molecular complexity index is 1000. The minimum Gasteiger partial charge on any atom is -0.353 e. The van der Waals surface area contributed by atoms with Gasteiger partial charge >= 0.3 is 0 Å². The molecule has 148 valence electrons. The summed E-state index contributed by atoms with van der Waals surface area (Å²) in [6, 6.07) is 14.4. The van der Waals surface area contributed by atoms with Gasteiger partial charge in [-0.2, -0.15) is 0 Å². The Hall–Kier alpha value is -3.35. The van der Waals surface area contributed by atoms with Crippen molar-refractivity contribution in [1.29, 1.82) is 0 Å². The SMILES string of the molecule is O=C(Cc1ccccc1F)N1CCN(c2cc(-c3ccc(F)cc3)ncn2)CC1. The highest BCUT2D eigenvalue weighted by molar-refractivity contribution is 5.79. The molecule has 0 aliphatic carbocycles. The number of halogens is 2. The highest BCUT2D eigenvalue weighted by Crippen LogP contribution is 2.22. The average molecular weight is 394 g/mol. The summed E-state index contributed by atoms with van der Waals surface area (Å²) in [6.07, 6.45) is 1.55. The first-order chi connectivity index (χ1) is 14.1. The molecule has 2 aromatic carbocycles. The lowest BCUT2D eigenvalue weighted by molar-refractivity contribution is -0.130. The van der Waals surface area contributed by atoms with Gasteiger partial charge in [0, 0.05) is 37.8 Å². The Labute approximate surface area is 167 Å². The fraction of sp³-hybridized carbons (Fsp3) is 0.227. The van der Waals surface area contributed by atoms with Crippen LogP contribution >= 0.6 is 0 Å². The Morgan fingerprint density at radius 3 is 2.38 bits per heavy atom. The van der Waals surface area contributed by atoms with E-state index >= 15 is 0 Å². The van der Waals surface area contributed by atoms with E-state index < -0.39 is 0 Å². The van der Waals surface area contributed by atoms with E-state index in [4.69, 9.17) is 0 Å². The lowest BCUT2D eigenvalue weighted by Gasteiger charge is -2.35. The average Bonchev–Trinajstić information content (AvgIpc) is 2.76. The Kier molecular flexibility index (Phi) is 5.46. The summed E-state index contributed by atoms with van der Waals surface area (Å²) in [7, 11) is 0. The van der Waals surface area contributed by atoms with Gasteiger partial charge in [0.2, 0.25) is 5.91 Å². The first kappa shape index (κ1) is 19.0. The Morgan fingerprint density at radius 2 is 1.66 bits per heavy atom. The molecule has 0 N–H and O–H groups in total. The maximum atomic E-state index is 13.8. The van der Waals surface area contributed by atoms with Gasteiger partial charge in [0.1, 0.15) is 23.8 Å². The monoisotopic (exact) mass is 394 g/mol. The van der Waals surface area contributed by atoms with Crippen LogP contribution in [-0.4, -0.2) is 47.0 Å². The molecule has 7 heteroatoms. The number of hydrogen-bond acceptors (Lipinski definition) is 4. The first-order valence-corrected chi connectivity index (χ1v) is 9.44. The number of carbonyl (C=O) groups is 1. The Balaban J connectivity index is 1.39. The van der Waals surface area contributed by atoms with Gasteiger partial charge < -0.3 is 9.80 Å². The number of amides is 1. The predicted octanol–water partition coefficient (Wildman–Crippen LogP) is 3.31. The van der Waals surface area contributed by atoms with Gasteiger partial charge in [-0.1, -0.05) is 18.2 Å². The minimum absolute atomic E-state index is 0.0644. The lowest BCUT2D eigenvalue weighted by Crippen LogP contribution is -2.49. The standard InChI is InChI=1S/C22H20F2N4O/c23-18-7-5-16(6-8-18)20-14-21(26-15-25-20)27-9-11-28(12-10-27)22(29)13-17-3-1-2-4-19(17)24/h1-8,14-15H,9-13H2. The van der Waals surface area contributed by atoms with Crippen LogP contribution in [0.3, 0.4) is 0 Å². The van der Waals surface area contributed by atoms with Crippen molar-refractivity contribution in [3.05, 3.63) is 78.1 Å². The van der Waals surface area contributed by atoms with E-state index in [1.54, 1.807) is 35.2 Å². The molecule has 1 aliphatic rings. The van der Waals surface area contributed by atoms with Gasteiger partial charge in [-0.25, -0.2) is 18.7 Å². The summed E-state index contributed by atoms with van der Waals surface area (Å²) in [4.78, 5) is 25.0. The van der Waals surface area contributed by atoms with Gasteiger partial charge in [-0.05, 0) is 35.9 Å². The molecule has 1 saturated heterocycles. The minimum atomic E-state index is -0.353. The topological polar surface area (TPSA) is 49.3 Å². The van der Waals surface area contributed by atoms with Crippen LogP contribution in [0.1, 0.15) is 5.56 Å². The second-order valence-electron chi connectivity index (χ2n) is 6.90. The number of piperazine rings is 1. The molecule has 29 heavy (non-hydrogen) atoms. The molecular weight excluding hydrogens is 374 g/mol. The lowest BCUT2D eigenvalue weighted by atomic mass is 10.1. The van der Waals surface area contributed by atoms with Crippen molar-refractivity contribution < 1.29 is 13.6 Å². The third-order valence-corrected chi connectivity index (χ3v) is 5.05. The van der Waals surface area contributed by atoms with Crippen LogP contribution in [0.5, 0.6) is 0 Å². The smallest absolute Gasteiger partial charge is 0.227 e. The molecule has 1 amide bonds. The van der Waals surface area contributed by atoms with Crippen LogP contribution in [-0.2, 0) is 11.2 Å². The molecule has 4 rings (SSSR count). The molecule has 0 atom stereocenters. The first-order valence-electron chi connectivity index (χ1n) is 9.44. The summed E-state index contributed by atoms with van der Waals surface area (Å²) in [5.41, 5.74) is 1.95. The zero-order valence-corrected chi connectivity index (χ0v) is 15.8. The molecule has 0 bridgehead atoms. The molecule has 2 heterocycles. The summed E-state index contributed by atoms with van der Waals surface area (Å²) in [5.74, 6) is 0.0398. The van der Waals surface area contributed by atoms with Crippen LogP contribution < -0.4 is 4.90 Å². The third-order valence-electron chi connectivity index (χ3n) is 5.05. The highest BCUT2D eigenvalue weighted by Gasteiger charge is 2.23. The van der Waals surface area contributed by atoms with E-state index in [0.717, 1.165) is 11.4 Å². The van der Waals surface area contributed by atoms with E-state index in [1.165, 1.54) is 24.5 Å². The van der Waals surface area contributed by atoms with E-state index in [2.05, 4.69) is 14.9 Å². The number of nitrogens with zero attached hydrogens (tertiary/aromatic N) is 4. The molecule has 0 spiro atoms. The van der Waals surface area contributed by atoms with Crippen LogP contribution in [0, 0.1) is 11.6 Å². The summed E-state index contributed by atoms with van der Waals surface area (Å²) in [5, 5.41) is 0. The molecule has 1 aliphatic heterocycles. The third kappa shape index (κ3) is 4.39. The number of rotatable bonds is 4. The van der Waals surface area contributed by atoms with E-state index in [0.29, 0.717) is 37.4 Å². The fourth-order valence-corrected chi connectivity index (χ4v) is 3.40. The molecule has 0 saturated carbocycles. The van der Waals surface area contributed by atoms with Crippen molar-refractivity contribution in [2.75, 3.05) is 31.1 Å². The molecule has 5 nitrogen and oxygen atoms in total. The number of anilines is 1. The predicted molar refractivity (Wildman–Crippen MR) is 106 cm³/mol. The molecule has 1 fully saturated rings. The van der Waals surface area contributed by atoms with Crippen molar-refractivity contribution in [3.63, 3.8) is 0 Å². The quantitative estimate of drug-likeness (QED) is 0.681. The number of carbonyl (C=O) groups excluding carboxylic acids is 1. The second kappa shape index (κ2) is 8.34. The van der Waals surface area contributed by atoms with E-state index in [1.807, 2.05) is 6.07 Å². The number of aromatic nitrogens is 2. The van der Waals surface area contributed by atoms with Gasteiger partial charge in [0.05, 0.1) is 12.1 Å². The van der Waals surface area contributed by atoms with E-state index in [9.17, 15) is 13.6 Å². The van der Waals surface area contributed by atoms with Crippen molar-refractivity contribution >= 4 is 11.7 Å². The van der Waals surface area contributed by atoms with Crippen molar-refractivity contribution in [2.45, 2.75) is 6.42 Å². The molecule has 1 aromatic heterocycles. The van der Waals surface area contributed by atoms with Crippen LogP contribution in [0.15, 0.2) is 60.9 Å². The largest absolute Gasteiger partial charge is 0.353 e. The highest BCUT2D eigenvalue weighted by atomic mass is 19.1. The maximum Gasteiger partial charge on any atom is 0.227 e. The zero-order chi connectivity index (χ0) is 20.2. The fourth-order valence-electron chi connectivity index (χ4n) is 3.40. The van der Waals surface area contributed by atoms with E-state index in [-0.39, 0.29) is 24.0 Å². The van der Waals surface area contributed by atoms with Gasteiger partial charge in [-0.3, -0.25) is 4.79 Å². The van der Waals surface area contributed by atoms with Gasteiger partial charge in [0.25, 0.3) is 0 Å². The normalized spacial score (nSPS) is 14.1. The second-order valence-corrected chi connectivity index (χ2v) is 6.90. The van der Waals surface area contributed by atoms with Crippen LogP contribution in [0.25, 0.3) is 11.3 Å². The Morgan fingerprint density at radius 1 is 0.931 bits per heavy atom. The van der Waals surface area contributed by atoms with Gasteiger partial charge in [0.15, 0.2) is 0 Å². The number of hydrogen-bond donors (Lipinski definition) is 0. The van der Waals surface area contributed by atoms with Crippen LogP contribution in [0.2, 0.25) is 0 Å². The summed E-state index contributed by atoms with van der Waals surface area (Å²) in [6.45, 7) is 2.35. The van der Waals surface area contributed by atoms with Crippen LogP contribution in [0.4, 0.5) is 14.6 Å². The number of benzene rings is 2. The van der Waals surface area contributed by atoms with Crippen molar-refractivity contribution in [2.24, 2.45) is 0 Å². The van der Waals surface area contributed by atoms with Gasteiger partial charge in [-0.15, -0.1) is 0 Å².